The van der Waals surface area contributed by atoms with Gasteiger partial charge in [0.15, 0.2) is 0 Å². The molecule has 1 aliphatic carbocycles. The average molecular weight is 627 g/mol. The number of benzene rings is 3. The highest BCUT2D eigenvalue weighted by molar-refractivity contribution is 7.21. The van der Waals surface area contributed by atoms with E-state index in [9.17, 15) is 45.4 Å². The van der Waals surface area contributed by atoms with Crippen LogP contribution in [0.1, 0.15) is 49.1 Å². The third-order valence-corrected chi connectivity index (χ3v) is 8.20. The molecule has 3 aromatic carbocycles. The highest BCUT2D eigenvalue weighted by Crippen LogP contribution is 2.48. The quantitative estimate of drug-likeness (QED) is 0.184. The summed E-state index contributed by atoms with van der Waals surface area (Å²) in [7, 11) is 1.33. The van der Waals surface area contributed by atoms with E-state index in [4.69, 9.17) is 4.74 Å². The van der Waals surface area contributed by atoms with E-state index in [0.717, 1.165) is 29.8 Å². The average Bonchev–Trinajstić information content (AvgIpc) is 3.66. The smallest absolute Gasteiger partial charge is 0.419 e. The summed E-state index contributed by atoms with van der Waals surface area (Å²) < 4.78 is 98.9. The molecule has 5 rings (SSSR count). The van der Waals surface area contributed by atoms with E-state index in [0.29, 0.717) is 29.9 Å². The second-order valence-electron chi connectivity index (χ2n) is 9.86. The Bertz CT molecular complexity index is 1730. The highest BCUT2D eigenvalue weighted by atomic mass is 32.1. The van der Waals surface area contributed by atoms with E-state index < -0.39 is 46.8 Å². The van der Waals surface area contributed by atoms with Gasteiger partial charge in [0.05, 0.1) is 29.5 Å². The second-order valence-corrected chi connectivity index (χ2v) is 10.9. The molecule has 226 valence electrons. The fraction of sp³-hybridized carbons (Fsp3) is 0.241. The number of rotatable bonds is 7. The first-order valence-electron chi connectivity index (χ1n) is 12.6. The molecule has 43 heavy (non-hydrogen) atoms. The third kappa shape index (κ3) is 6.15. The monoisotopic (exact) mass is 626 g/mol. The number of methoxy groups -OCH3 is 1. The Hall–Kier alpha value is -4.17. The van der Waals surface area contributed by atoms with E-state index in [-0.39, 0.29) is 50.4 Å². The number of thiophene rings is 1. The zero-order valence-corrected chi connectivity index (χ0v) is 22.8. The molecule has 1 aliphatic rings. The van der Waals surface area contributed by atoms with Crippen molar-refractivity contribution in [2.45, 2.75) is 24.7 Å². The fourth-order valence-corrected chi connectivity index (χ4v) is 5.83. The van der Waals surface area contributed by atoms with Gasteiger partial charge in [-0.15, -0.1) is 11.3 Å². The van der Waals surface area contributed by atoms with Gasteiger partial charge in [0.25, 0.3) is 11.8 Å². The molecule has 6 nitrogen and oxygen atoms in total. The molecule has 14 heteroatoms. The third-order valence-electron chi connectivity index (χ3n) is 7.05. The minimum Gasteiger partial charge on any atom is -0.496 e. The van der Waals surface area contributed by atoms with Gasteiger partial charge in [0, 0.05) is 22.4 Å². The van der Waals surface area contributed by atoms with Gasteiger partial charge in [0.2, 0.25) is 0 Å². The van der Waals surface area contributed by atoms with Crippen LogP contribution in [0.25, 0.3) is 10.1 Å². The van der Waals surface area contributed by atoms with Crippen LogP contribution in [0.4, 0.5) is 42.1 Å². The number of anilines is 2. The van der Waals surface area contributed by atoms with E-state index in [2.05, 4.69) is 10.6 Å². The summed E-state index contributed by atoms with van der Waals surface area (Å²) in [6.07, 6.45) is -9.06. The molecule has 4 aromatic rings. The Morgan fingerprint density at radius 3 is 2.33 bits per heavy atom. The summed E-state index contributed by atoms with van der Waals surface area (Å²) in [5.74, 6) is -3.16. The van der Waals surface area contributed by atoms with E-state index >= 15 is 0 Å². The molecule has 0 aliphatic heterocycles. The highest BCUT2D eigenvalue weighted by Gasteiger charge is 2.38. The normalized spacial score (nSPS) is 16.7. The largest absolute Gasteiger partial charge is 0.496 e. The van der Waals surface area contributed by atoms with Gasteiger partial charge in [-0.1, -0.05) is 12.1 Å². The molecule has 3 N–H and O–H groups in total. The van der Waals surface area contributed by atoms with Gasteiger partial charge >= 0.3 is 12.4 Å². The number of amides is 2. The molecule has 1 fully saturated rings. The molecule has 0 saturated heterocycles. The summed E-state index contributed by atoms with van der Waals surface area (Å²) in [4.78, 5) is 26.5. The van der Waals surface area contributed by atoms with Crippen molar-refractivity contribution >= 4 is 44.6 Å². The molecule has 2 amide bonds. The maximum atomic E-state index is 13.8. The Kier molecular flexibility index (Phi) is 7.86. The van der Waals surface area contributed by atoms with E-state index in [1.165, 1.54) is 7.11 Å². The van der Waals surface area contributed by atoms with Crippen molar-refractivity contribution in [3.63, 3.8) is 0 Å². The molecular formula is C29H21F7N2O4S. The number of halogens is 7. The van der Waals surface area contributed by atoms with Crippen LogP contribution in [0.3, 0.4) is 0 Å². The van der Waals surface area contributed by atoms with Crippen molar-refractivity contribution in [1.29, 1.82) is 0 Å². The van der Waals surface area contributed by atoms with Crippen LogP contribution in [-0.2, 0) is 12.4 Å². The van der Waals surface area contributed by atoms with Crippen molar-refractivity contribution in [3.05, 3.63) is 87.5 Å². The zero-order chi connectivity index (χ0) is 31.3. The Balaban J connectivity index is 1.55. The number of carbonyl (C=O) groups is 2. The van der Waals surface area contributed by atoms with Gasteiger partial charge in [-0.05, 0) is 66.3 Å². The predicted octanol–water partition coefficient (Wildman–Crippen LogP) is 7.69. The van der Waals surface area contributed by atoms with E-state index in [1.54, 1.807) is 18.2 Å². The number of alkyl halides is 6. The van der Waals surface area contributed by atoms with Crippen LogP contribution in [-0.4, -0.2) is 30.6 Å². The van der Waals surface area contributed by atoms with Gasteiger partial charge in [-0.25, -0.2) is 4.39 Å². The number of aliphatic hydroxyl groups excluding tert-OH is 1. The van der Waals surface area contributed by atoms with Gasteiger partial charge in [0.1, 0.15) is 16.4 Å². The maximum Gasteiger partial charge on any atom is 0.419 e. The Morgan fingerprint density at radius 2 is 1.70 bits per heavy atom. The lowest BCUT2D eigenvalue weighted by atomic mass is 10.0. The van der Waals surface area contributed by atoms with Crippen LogP contribution in [0.2, 0.25) is 0 Å². The van der Waals surface area contributed by atoms with Crippen LogP contribution in [0.5, 0.6) is 5.75 Å². The molecule has 2 atom stereocenters. The summed E-state index contributed by atoms with van der Waals surface area (Å²) in [6, 6.07) is 9.28. The second kappa shape index (κ2) is 11.2. The molecule has 1 saturated carbocycles. The number of fused-ring (bicyclic) bond motifs is 1. The fourth-order valence-electron chi connectivity index (χ4n) is 4.74. The van der Waals surface area contributed by atoms with Crippen molar-refractivity contribution in [2.24, 2.45) is 5.92 Å². The molecule has 1 aromatic heterocycles. The topological polar surface area (TPSA) is 87.7 Å². The first-order valence-corrected chi connectivity index (χ1v) is 13.4. The summed E-state index contributed by atoms with van der Waals surface area (Å²) in [6.45, 7) is -0.0317. The summed E-state index contributed by atoms with van der Waals surface area (Å²) >= 11 is 0.581. The molecule has 0 spiro atoms. The van der Waals surface area contributed by atoms with Crippen LogP contribution >= 0.6 is 11.3 Å². The van der Waals surface area contributed by atoms with Crippen LogP contribution in [0.15, 0.2) is 54.6 Å². The number of ether oxygens (including phenoxy) is 1. The SMILES string of the molecule is COc1ccc(C2CC2CO)cc1C(=O)Nc1c(C(=O)Nc2ccc(F)c(C(F)(F)F)c2)sc2cc(C(F)(F)F)ccc12. The van der Waals surface area contributed by atoms with Crippen LogP contribution < -0.4 is 15.4 Å². The lowest BCUT2D eigenvalue weighted by Crippen LogP contribution is -2.18. The lowest BCUT2D eigenvalue weighted by Gasteiger charge is -2.13. The molecular weight excluding hydrogens is 605 g/mol. The van der Waals surface area contributed by atoms with Crippen molar-refractivity contribution < 1.29 is 50.2 Å². The zero-order valence-electron chi connectivity index (χ0n) is 22.0. The first kappa shape index (κ1) is 30.3. The number of nitrogens with one attached hydrogen (secondary N) is 2. The number of hydrogen-bond donors (Lipinski definition) is 3. The summed E-state index contributed by atoms with van der Waals surface area (Å²) in [5.41, 5.74) is -2.45. The van der Waals surface area contributed by atoms with Gasteiger partial charge in [-0.2, -0.15) is 26.3 Å². The predicted molar refractivity (Wildman–Crippen MR) is 145 cm³/mol. The van der Waals surface area contributed by atoms with E-state index in [1.807, 2.05) is 0 Å². The standard InChI is InChI=1S/C29H21F7N2O4S/c1-42-22-7-2-13(18-9-14(18)12-39)8-19(22)26(40)38-24-17-5-3-15(28(31,32)33)10-23(17)43-25(24)27(41)37-16-4-6-21(30)20(11-16)29(34,35)36/h2-8,10-11,14,18,39H,9,12H2,1H3,(H,37,41)(H,38,40). The van der Waals surface area contributed by atoms with Crippen molar-refractivity contribution in [1.82, 2.24) is 0 Å². The minimum atomic E-state index is -5.05. The lowest BCUT2D eigenvalue weighted by molar-refractivity contribution is -0.140. The van der Waals surface area contributed by atoms with Crippen molar-refractivity contribution in [2.75, 3.05) is 24.4 Å². The molecule has 0 bridgehead atoms. The summed E-state index contributed by atoms with van der Waals surface area (Å²) in [5, 5.41) is 14.3. The number of hydrogen-bond acceptors (Lipinski definition) is 5. The maximum absolute atomic E-state index is 13.8. The Labute approximate surface area is 243 Å². The Morgan fingerprint density at radius 1 is 0.953 bits per heavy atom. The minimum absolute atomic E-state index is 0.0175. The molecule has 0 radical (unpaired) electrons. The number of aliphatic hydroxyl groups is 1. The van der Waals surface area contributed by atoms with Gasteiger partial charge in [-0.3, -0.25) is 9.59 Å². The van der Waals surface area contributed by atoms with Gasteiger partial charge < -0.3 is 20.5 Å². The molecule has 1 heterocycles. The van der Waals surface area contributed by atoms with Crippen molar-refractivity contribution in [3.8, 4) is 5.75 Å². The number of carbonyl (C=O) groups excluding carboxylic acids is 2. The van der Waals surface area contributed by atoms with Crippen LogP contribution in [0, 0.1) is 11.7 Å². The first-order chi connectivity index (χ1) is 20.2. The molecule has 2 unspecified atom stereocenters.